The maximum Gasteiger partial charge on any atom is 0.351 e. The number of amides is 1. The lowest BCUT2D eigenvalue weighted by Crippen LogP contribution is -2.36. The van der Waals surface area contributed by atoms with E-state index in [9.17, 15) is 24.6 Å². The van der Waals surface area contributed by atoms with E-state index in [1.54, 1.807) is 0 Å². The number of nitrogens with one attached hydrogen (secondary N) is 1. The minimum absolute atomic E-state index is 0.143. The summed E-state index contributed by atoms with van der Waals surface area (Å²) in [5, 5.41) is 39.5. The summed E-state index contributed by atoms with van der Waals surface area (Å²) < 4.78 is 6.10. The number of anilines is 1. The molecule has 2 rings (SSSR count). The number of carboxylic acids is 1. The minimum Gasteiger partial charge on any atom is -0.480 e. The molecule has 0 aromatic carbocycles. The van der Waals surface area contributed by atoms with Crippen molar-refractivity contribution in [1.29, 1.82) is 0 Å². The number of nitrogens with two attached hydrogens (primary N) is 1. The first-order chi connectivity index (χ1) is 11.7. The van der Waals surface area contributed by atoms with Gasteiger partial charge in [-0.15, -0.1) is 0 Å². The van der Waals surface area contributed by atoms with E-state index in [-0.39, 0.29) is 5.82 Å². The number of hydrogen-bond acceptors (Lipinski definition) is 9. The predicted molar refractivity (Wildman–Crippen MR) is 80.4 cm³/mol. The Morgan fingerprint density at radius 1 is 1.40 bits per heavy atom. The smallest absolute Gasteiger partial charge is 0.351 e. The van der Waals surface area contributed by atoms with Crippen LogP contribution < -0.4 is 16.7 Å². The Hall–Kier alpha value is -2.38. The van der Waals surface area contributed by atoms with Gasteiger partial charge in [-0.1, -0.05) is 0 Å². The van der Waals surface area contributed by atoms with Crippen LogP contribution in [0.1, 0.15) is 12.6 Å². The van der Waals surface area contributed by atoms with Crippen molar-refractivity contribution >= 4 is 17.7 Å². The van der Waals surface area contributed by atoms with Crippen LogP contribution in [0.3, 0.4) is 0 Å². The Morgan fingerprint density at radius 2 is 2.08 bits per heavy atom. The van der Waals surface area contributed by atoms with Gasteiger partial charge >= 0.3 is 11.7 Å². The lowest BCUT2D eigenvalue weighted by Gasteiger charge is -2.17. The van der Waals surface area contributed by atoms with Gasteiger partial charge in [0.1, 0.15) is 30.2 Å². The molecule has 1 unspecified atom stereocenters. The van der Waals surface area contributed by atoms with E-state index in [2.05, 4.69) is 10.3 Å². The second-order valence-electron chi connectivity index (χ2n) is 5.43. The van der Waals surface area contributed by atoms with Gasteiger partial charge < -0.3 is 36.2 Å². The molecule has 7 N–H and O–H groups in total. The Balaban J connectivity index is 2.10. The number of rotatable bonds is 6. The Bertz CT molecular complexity index is 708. The molecule has 12 heteroatoms. The third-order valence-corrected chi connectivity index (χ3v) is 3.61. The summed E-state index contributed by atoms with van der Waals surface area (Å²) >= 11 is 0. The maximum atomic E-state index is 12.0. The number of carbonyl (C=O) groups is 2. The highest BCUT2D eigenvalue weighted by Crippen LogP contribution is 2.28. The molecule has 1 aromatic heterocycles. The van der Waals surface area contributed by atoms with Gasteiger partial charge in [-0.05, 0) is 6.07 Å². The first-order valence-electron chi connectivity index (χ1n) is 7.24. The van der Waals surface area contributed by atoms with Crippen molar-refractivity contribution in [3.05, 3.63) is 22.7 Å². The zero-order chi connectivity index (χ0) is 18.7. The summed E-state index contributed by atoms with van der Waals surface area (Å²) in [6.07, 6.45) is -4.47. The highest BCUT2D eigenvalue weighted by atomic mass is 16.6. The van der Waals surface area contributed by atoms with Crippen molar-refractivity contribution in [1.82, 2.24) is 9.55 Å². The number of nitrogens with zero attached hydrogens (tertiary/aromatic N) is 2. The van der Waals surface area contributed by atoms with Gasteiger partial charge in [-0.3, -0.25) is 14.2 Å². The van der Waals surface area contributed by atoms with Gasteiger partial charge in [-0.2, -0.15) is 4.98 Å². The molecule has 0 spiro atoms. The SMILES string of the molecule is N[C@@H](CC(=O)Nc1ccn([C@@H]2O[C@H](CO)C(O)[C@@H]2O)c(=O)n1)C(=O)O. The fourth-order valence-corrected chi connectivity index (χ4v) is 2.27. The van der Waals surface area contributed by atoms with Crippen LogP contribution in [0.5, 0.6) is 0 Å². The zero-order valence-corrected chi connectivity index (χ0v) is 12.8. The van der Waals surface area contributed by atoms with Crippen molar-refractivity contribution in [2.75, 3.05) is 11.9 Å². The van der Waals surface area contributed by atoms with E-state index in [0.717, 1.165) is 4.57 Å². The average Bonchev–Trinajstić information content (AvgIpc) is 2.82. The molecular formula is C13H18N4O8. The van der Waals surface area contributed by atoms with E-state index >= 15 is 0 Å². The molecule has 0 aliphatic carbocycles. The van der Waals surface area contributed by atoms with Gasteiger partial charge in [0, 0.05) is 6.20 Å². The summed E-state index contributed by atoms with van der Waals surface area (Å²) in [6, 6.07) is -0.167. The van der Waals surface area contributed by atoms with E-state index in [1.165, 1.54) is 12.3 Å². The molecule has 1 aromatic rings. The normalized spacial score (nSPS) is 27.0. The van der Waals surface area contributed by atoms with Gasteiger partial charge in [0.25, 0.3) is 0 Å². The highest BCUT2D eigenvalue weighted by molar-refractivity contribution is 5.93. The van der Waals surface area contributed by atoms with Crippen LogP contribution in [0, 0.1) is 0 Å². The van der Waals surface area contributed by atoms with E-state index in [1.807, 2.05) is 0 Å². The molecule has 1 aliphatic heterocycles. The Kier molecular flexibility index (Phi) is 5.81. The third kappa shape index (κ3) is 4.18. The summed E-state index contributed by atoms with van der Waals surface area (Å²) in [5.41, 5.74) is 4.33. The average molecular weight is 358 g/mol. The largest absolute Gasteiger partial charge is 0.480 e. The number of hydrogen-bond donors (Lipinski definition) is 6. The predicted octanol–water partition coefficient (Wildman–Crippen LogP) is -3.40. The summed E-state index contributed by atoms with van der Waals surface area (Å²) in [4.78, 5) is 37.8. The van der Waals surface area contributed by atoms with Gasteiger partial charge in [0.2, 0.25) is 5.91 Å². The molecule has 1 saturated heterocycles. The highest BCUT2D eigenvalue weighted by Gasteiger charge is 2.43. The Labute approximate surface area is 140 Å². The molecule has 1 amide bonds. The summed E-state index contributed by atoms with van der Waals surface area (Å²) in [7, 11) is 0. The number of carbonyl (C=O) groups excluding carboxylic acids is 1. The van der Waals surface area contributed by atoms with Crippen LogP contribution in [0.25, 0.3) is 0 Å². The lowest BCUT2D eigenvalue weighted by atomic mass is 10.1. The molecule has 2 heterocycles. The second-order valence-corrected chi connectivity index (χ2v) is 5.43. The van der Waals surface area contributed by atoms with Gasteiger partial charge in [0.05, 0.1) is 13.0 Å². The molecule has 5 atom stereocenters. The molecule has 138 valence electrons. The summed E-state index contributed by atoms with van der Waals surface area (Å²) in [5.74, 6) is -2.23. The van der Waals surface area contributed by atoms with Crippen molar-refractivity contribution < 1.29 is 34.8 Å². The number of aromatic nitrogens is 2. The fourth-order valence-electron chi connectivity index (χ4n) is 2.27. The van der Waals surface area contributed by atoms with E-state index < -0.39 is 61.2 Å². The third-order valence-electron chi connectivity index (χ3n) is 3.61. The molecular weight excluding hydrogens is 340 g/mol. The van der Waals surface area contributed by atoms with Crippen LogP contribution >= 0.6 is 0 Å². The van der Waals surface area contributed by atoms with Crippen molar-refractivity contribution in [2.45, 2.75) is 37.0 Å². The monoisotopic (exact) mass is 358 g/mol. The molecule has 1 fully saturated rings. The molecule has 25 heavy (non-hydrogen) atoms. The number of carboxylic acid groups (broad SMARTS) is 1. The number of aliphatic carboxylic acids is 1. The molecule has 12 nitrogen and oxygen atoms in total. The first kappa shape index (κ1) is 19.0. The van der Waals surface area contributed by atoms with Crippen LogP contribution in [-0.4, -0.2) is 72.8 Å². The minimum atomic E-state index is -1.45. The standard InChI is InChI=1S/C13H18N4O8/c14-5(12(22)23)3-8(19)15-7-1-2-17(13(24)16-7)11-10(21)9(20)6(4-18)25-11/h1-2,5-6,9-11,18,20-21H,3-4,14H2,(H,22,23)(H,15,16,19,24)/t5-,6+,9?,10-,11+/m0/s1. The van der Waals surface area contributed by atoms with Gasteiger partial charge in [-0.25, -0.2) is 4.79 Å². The van der Waals surface area contributed by atoms with Crippen LogP contribution in [-0.2, 0) is 14.3 Å². The lowest BCUT2D eigenvalue weighted by molar-refractivity contribution is -0.140. The van der Waals surface area contributed by atoms with Crippen molar-refractivity contribution in [3.8, 4) is 0 Å². The molecule has 1 aliphatic rings. The van der Waals surface area contributed by atoms with E-state index in [4.69, 9.17) is 20.7 Å². The van der Waals surface area contributed by atoms with Crippen molar-refractivity contribution in [2.24, 2.45) is 5.73 Å². The number of aliphatic hydroxyl groups excluding tert-OH is 3. The molecule has 0 radical (unpaired) electrons. The number of ether oxygens (including phenoxy) is 1. The van der Waals surface area contributed by atoms with Crippen LogP contribution in [0.2, 0.25) is 0 Å². The topological polar surface area (TPSA) is 197 Å². The van der Waals surface area contributed by atoms with E-state index in [0.29, 0.717) is 0 Å². The number of aliphatic hydroxyl groups is 3. The Morgan fingerprint density at radius 3 is 2.60 bits per heavy atom. The van der Waals surface area contributed by atoms with Crippen molar-refractivity contribution in [3.63, 3.8) is 0 Å². The second kappa shape index (κ2) is 7.67. The summed E-state index contributed by atoms with van der Waals surface area (Å²) in [6.45, 7) is -0.547. The molecule has 0 saturated carbocycles. The van der Waals surface area contributed by atoms with Crippen LogP contribution in [0.4, 0.5) is 5.82 Å². The quantitative estimate of drug-likeness (QED) is 0.298. The maximum absolute atomic E-state index is 12.0. The first-order valence-corrected chi connectivity index (χ1v) is 7.24. The molecule has 0 bridgehead atoms. The zero-order valence-electron chi connectivity index (χ0n) is 12.8. The van der Waals surface area contributed by atoms with Gasteiger partial charge in [0.15, 0.2) is 6.23 Å². The van der Waals surface area contributed by atoms with Crippen LogP contribution in [0.15, 0.2) is 17.1 Å². The fraction of sp³-hybridized carbons (Fsp3) is 0.538.